The number of ether oxygens (including phenoxy) is 1. The highest BCUT2D eigenvalue weighted by Gasteiger charge is 2.33. The van der Waals surface area contributed by atoms with Crippen molar-refractivity contribution in [2.45, 2.75) is 19.3 Å². The summed E-state index contributed by atoms with van der Waals surface area (Å²) in [6.07, 6.45) is 0. The Balaban J connectivity index is 3.25. The molecule has 0 aliphatic carbocycles. The summed E-state index contributed by atoms with van der Waals surface area (Å²) in [5, 5.41) is 8.70. The van der Waals surface area contributed by atoms with E-state index >= 15 is 0 Å². The number of aromatic carboxylic acids is 1. The maximum absolute atomic E-state index is 13.7. The molecule has 0 aliphatic heterocycles. The molecule has 0 atom stereocenters. The van der Waals surface area contributed by atoms with Crippen LogP contribution in [0.4, 0.5) is 4.39 Å². The van der Waals surface area contributed by atoms with Gasteiger partial charge in [0.1, 0.15) is 5.82 Å². The van der Waals surface area contributed by atoms with Crippen LogP contribution in [0.25, 0.3) is 0 Å². The normalized spacial score (nSPS) is 11.1. The summed E-state index contributed by atoms with van der Waals surface area (Å²) in [5.41, 5.74) is -1.21. The van der Waals surface area contributed by atoms with Crippen LogP contribution in [0.3, 0.4) is 0 Å². The highest BCUT2D eigenvalue weighted by atomic mass is 19.1. The minimum atomic E-state index is -1.22. The minimum Gasteiger partial charge on any atom is -0.478 e. The number of hydrogen-bond donors (Lipinski definition) is 1. The molecule has 0 spiro atoms. The van der Waals surface area contributed by atoms with E-state index in [9.17, 15) is 14.0 Å². The second-order valence-electron chi connectivity index (χ2n) is 4.12. The molecule has 0 aromatic heterocycles. The highest BCUT2D eigenvalue weighted by molar-refractivity contribution is 5.88. The molecular weight excluding hydrogens is 227 g/mol. The van der Waals surface area contributed by atoms with Gasteiger partial charge >= 0.3 is 11.9 Å². The lowest BCUT2D eigenvalue weighted by Gasteiger charge is -2.22. The lowest BCUT2D eigenvalue weighted by Crippen LogP contribution is -2.31. The van der Waals surface area contributed by atoms with Crippen LogP contribution in [-0.2, 0) is 14.9 Å². The molecule has 92 valence electrons. The van der Waals surface area contributed by atoms with Crippen LogP contribution in [0.15, 0.2) is 18.2 Å². The standard InChI is InChI=1S/C12H13FO4/c1-12(2,11(16)17-3)8-5-4-7(10(14)15)6-9(8)13/h4-6H,1-3H3,(H,14,15). The van der Waals surface area contributed by atoms with Crippen molar-refractivity contribution in [1.29, 1.82) is 0 Å². The summed E-state index contributed by atoms with van der Waals surface area (Å²) >= 11 is 0. The molecule has 0 bridgehead atoms. The van der Waals surface area contributed by atoms with Crippen LogP contribution in [0, 0.1) is 5.82 Å². The number of carbonyl (C=O) groups is 2. The smallest absolute Gasteiger partial charge is 0.335 e. The molecule has 0 heterocycles. The first kappa shape index (κ1) is 13.2. The van der Waals surface area contributed by atoms with E-state index in [2.05, 4.69) is 4.74 Å². The molecule has 0 fully saturated rings. The Morgan fingerprint density at radius 3 is 2.35 bits per heavy atom. The number of rotatable bonds is 3. The quantitative estimate of drug-likeness (QED) is 0.820. The third kappa shape index (κ3) is 2.43. The number of carboxylic acids is 1. The molecule has 1 rings (SSSR count). The Hall–Kier alpha value is -1.91. The van der Waals surface area contributed by atoms with Crippen molar-refractivity contribution in [3.05, 3.63) is 35.1 Å². The third-order valence-corrected chi connectivity index (χ3v) is 2.59. The van der Waals surface area contributed by atoms with Gasteiger partial charge in [-0.1, -0.05) is 6.07 Å². The van der Waals surface area contributed by atoms with E-state index < -0.39 is 23.2 Å². The first-order valence-corrected chi connectivity index (χ1v) is 4.92. The van der Waals surface area contributed by atoms with E-state index in [-0.39, 0.29) is 11.1 Å². The summed E-state index contributed by atoms with van der Waals surface area (Å²) in [7, 11) is 1.22. The Morgan fingerprint density at radius 2 is 1.94 bits per heavy atom. The Morgan fingerprint density at radius 1 is 1.35 bits per heavy atom. The number of esters is 1. The molecule has 1 aromatic rings. The lowest BCUT2D eigenvalue weighted by atomic mass is 9.84. The van der Waals surface area contributed by atoms with Gasteiger partial charge in [-0.3, -0.25) is 4.79 Å². The van der Waals surface area contributed by atoms with E-state index in [4.69, 9.17) is 5.11 Å². The number of carboxylic acid groups (broad SMARTS) is 1. The largest absolute Gasteiger partial charge is 0.478 e. The Labute approximate surface area is 98.0 Å². The summed E-state index contributed by atoms with van der Waals surface area (Å²) in [6, 6.07) is 3.43. The molecular formula is C12H13FO4. The predicted molar refractivity (Wildman–Crippen MR) is 58.4 cm³/mol. The summed E-state index contributed by atoms with van der Waals surface area (Å²) in [4.78, 5) is 22.1. The number of hydrogen-bond acceptors (Lipinski definition) is 3. The van der Waals surface area contributed by atoms with Gasteiger partial charge in [0.2, 0.25) is 0 Å². The fraction of sp³-hybridized carbons (Fsp3) is 0.333. The fourth-order valence-electron chi connectivity index (χ4n) is 1.52. The minimum absolute atomic E-state index is 0.106. The molecule has 4 nitrogen and oxygen atoms in total. The molecule has 0 unspecified atom stereocenters. The van der Waals surface area contributed by atoms with Crippen LogP contribution in [0.1, 0.15) is 29.8 Å². The van der Waals surface area contributed by atoms with E-state index in [1.165, 1.54) is 33.1 Å². The summed E-state index contributed by atoms with van der Waals surface area (Å²) < 4.78 is 18.3. The SMILES string of the molecule is COC(=O)C(C)(C)c1ccc(C(=O)O)cc1F. The van der Waals surface area contributed by atoms with Crippen molar-refractivity contribution in [2.75, 3.05) is 7.11 Å². The zero-order chi connectivity index (χ0) is 13.2. The zero-order valence-corrected chi connectivity index (χ0v) is 9.78. The van der Waals surface area contributed by atoms with Crippen molar-refractivity contribution in [2.24, 2.45) is 0 Å². The van der Waals surface area contributed by atoms with Gasteiger partial charge in [-0.15, -0.1) is 0 Å². The van der Waals surface area contributed by atoms with Crippen molar-refractivity contribution in [3.63, 3.8) is 0 Å². The zero-order valence-electron chi connectivity index (χ0n) is 9.78. The van der Waals surface area contributed by atoms with Crippen molar-refractivity contribution in [1.82, 2.24) is 0 Å². The van der Waals surface area contributed by atoms with Crippen LogP contribution in [0.5, 0.6) is 0 Å². The van der Waals surface area contributed by atoms with Crippen LogP contribution >= 0.6 is 0 Å². The second-order valence-corrected chi connectivity index (χ2v) is 4.12. The van der Waals surface area contributed by atoms with Gasteiger partial charge in [0.05, 0.1) is 18.1 Å². The number of carbonyl (C=O) groups excluding carboxylic acids is 1. The molecule has 5 heteroatoms. The predicted octanol–water partition coefficient (Wildman–Crippen LogP) is 1.97. The van der Waals surface area contributed by atoms with Gasteiger partial charge in [0.15, 0.2) is 0 Å². The van der Waals surface area contributed by atoms with Gasteiger partial charge in [-0.05, 0) is 26.0 Å². The van der Waals surface area contributed by atoms with Gasteiger partial charge in [0, 0.05) is 5.56 Å². The van der Waals surface area contributed by atoms with E-state index in [0.717, 1.165) is 6.07 Å². The lowest BCUT2D eigenvalue weighted by molar-refractivity contribution is -0.146. The van der Waals surface area contributed by atoms with E-state index in [1.807, 2.05) is 0 Å². The van der Waals surface area contributed by atoms with Crippen LogP contribution in [0.2, 0.25) is 0 Å². The van der Waals surface area contributed by atoms with Crippen LogP contribution in [-0.4, -0.2) is 24.2 Å². The molecule has 17 heavy (non-hydrogen) atoms. The molecule has 1 N–H and O–H groups in total. The average Bonchev–Trinajstić information content (AvgIpc) is 2.27. The second kappa shape index (κ2) is 4.53. The van der Waals surface area contributed by atoms with E-state index in [1.54, 1.807) is 0 Å². The highest BCUT2D eigenvalue weighted by Crippen LogP contribution is 2.27. The maximum Gasteiger partial charge on any atom is 0.335 e. The van der Waals surface area contributed by atoms with Gasteiger partial charge in [0.25, 0.3) is 0 Å². The first-order chi connectivity index (χ1) is 7.80. The van der Waals surface area contributed by atoms with Crippen molar-refractivity contribution in [3.8, 4) is 0 Å². The Kier molecular flexibility index (Phi) is 3.50. The molecule has 0 amide bonds. The summed E-state index contributed by atoms with van der Waals surface area (Å²) in [5.74, 6) is -2.54. The van der Waals surface area contributed by atoms with Crippen LogP contribution < -0.4 is 0 Å². The van der Waals surface area contributed by atoms with Gasteiger partial charge in [-0.2, -0.15) is 0 Å². The molecule has 0 aliphatic rings. The van der Waals surface area contributed by atoms with Crippen molar-refractivity contribution < 1.29 is 23.8 Å². The van der Waals surface area contributed by atoms with Gasteiger partial charge < -0.3 is 9.84 Å². The number of halogens is 1. The molecule has 1 aromatic carbocycles. The van der Waals surface area contributed by atoms with Crippen molar-refractivity contribution >= 4 is 11.9 Å². The Bertz CT molecular complexity index is 466. The monoisotopic (exact) mass is 240 g/mol. The molecule has 0 saturated carbocycles. The number of methoxy groups -OCH3 is 1. The average molecular weight is 240 g/mol. The first-order valence-electron chi connectivity index (χ1n) is 4.92. The topological polar surface area (TPSA) is 63.6 Å². The molecule has 0 saturated heterocycles. The molecule has 0 radical (unpaired) electrons. The van der Waals surface area contributed by atoms with E-state index in [0.29, 0.717) is 0 Å². The summed E-state index contributed by atoms with van der Waals surface area (Å²) in [6.45, 7) is 3.02. The van der Waals surface area contributed by atoms with Gasteiger partial charge in [-0.25, -0.2) is 9.18 Å². The maximum atomic E-state index is 13.7. The fourth-order valence-corrected chi connectivity index (χ4v) is 1.52. The number of benzene rings is 1. The third-order valence-electron chi connectivity index (χ3n) is 2.59.